The maximum atomic E-state index is 12.9. The van der Waals surface area contributed by atoms with Gasteiger partial charge in [-0.1, -0.05) is 31.0 Å². The van der Waals surface area contributed by atoms with Crippen molar-refractivity contribution >= 4 is 40.3 Å². The van der Waals surface area contributed by atoms with Crippen LogP contribution in [0.4, 0.5) is 10.5 Å². The van der Waals surface area contributed by atoms with Gasteiger partial charge in [-0.15, -0.1) is 11.8 Å². The summed E-state index contributed by atoms with van der Waals surface area (Å²) in [4.78, 5) is 28.8. The Bertz CT molecular complexity index is 1030. The van der Waals surface area contributed by atoms with Gasteiger partial charge in [0.05, 0.1) is 0 Å². The molecule has 1 heterocycles. The molecule has 156 valence electrons. The fourth-order valence-electron chi connectivity index (χ4n) is 3.95. The fourth-order valence-corrected chi connectivity index (χ4v) is 5.19. The number of benzene rings is 2. The van der Waals surface area contributed by atoms with E-state index in [1.165, 1.54) is 30.6 Å². The first kappa shape index (κ1) is 20.3. The molecule has 1 saturated carbocycles. The summed E-state index contributed by atoms with van der Waals surface area (Å²) < 4.78 is 0. The lowest BCUT2D eigenvalue weighted by Crippen LogP contribution is -2.47. The second kappa shape index (κ2) is 9.26. The Morgan fingerprint density at radius 1 is 1.10 bits per heavy atom. The molecular weight excluding hydrogens is 396 g/mol. The van der Waals surface area contributed by atoms with Gasteiger partial charge < -0.3 is 21.4 Å². The standard InChI is InChI=1S/C23H26N4O2S/c24-23(29)27-21(13-15-14-25-20-8-4-3-7-19(15)20)22(28)26-16-9-11-18(12-10-16)30-17-5-1-2-6-17/h3-4,7-12,14,17,21,25H,1-2,5-6,13H2,(H,26,28)(H3,24,27,29)/t21-/m0/s1. The Morgan fingerprint density at radius 2 is 1.83 bits per heavy atom. The number of urea groups is 1. The maximum absolute atomic E-state index is 12.9. The quantitative estimate of drug-likeness (QED) is 0.453. The highest BCUT2D eigenvalue weighted by atomic mass is 32.2. The molecule has 0 aliphatic heterocycles. The fraction of sp³-hybridized carbons (Fsp3) is 0.304. The molecule has 0 radical (unpaired) electrons. The average Bonchev–Trinajstić information content (AvgIpc) is 3.39. The SMILES string of the molecule is NC(=O)N[C@@H](Cc1c[nH]c2ccccc12)C(=O)Nc1ccc(SC2CCCC2)cc1. The molecule has 1 atom stereocenters. The molecule has 7 heteroatoms. The van der Waals surface area contributed by atoms with Crippen LogP contribution in [0.5, 0.6) is 0 Å². The number of nitrogens with two attached hydrogens (primary N) is 1. The lowest BCUT2D eigenvalue weighted by atomic mass is 10.0. The topological polar surface area (TPSA) is 100 Å². The summed E-state index contributed by atoms with van der Waals surface area (Å²) >= 11 is 1.91. The van der Waals surface area contributed by atoms with E-state index in [9.17, 15) is 9.59 Å². The van der Waals surface area contributed by atoms with Gasteiger partial charge in [-0.25, -0.2) is 4.79 Å². The van der Waals surface area contributed by atoms with Gasteiger partial charge in [0.25, 0.3) is 0 Å². The van der Waals surface area contributed by atoms with Crippen LogP contribution < -0.4 is 16.4 Å². The number of anilines is 1. The second-order valence-electron chi connectivity index (χ2n) is 7.66. The molecule has 30 heavy (non-hydrogen) atoms. The van der Waals surface area contributed by atoms with Gasteiger partial charge in [-0.3, -0.25) is 4.79 Å². The monoisotopic (exact) mass is 422 g/mol. The largest absolute Gasteiger partial charge is 0.361 e. The van der Waals surface area contributed by atoms with Crippen molar-refractivity contribution in [3.63, 3.8) is 0 Å². The molecule has 1 fully saturated rings. The Hall–Kier alpha value is -2.93. The number of hydrogen-bond donors (Lipinski definition) is 4. The van der Waals surface area contributed by atoms with Crippen molar-refractivity contribution in [1.29, 1.82) is 0 Å². The molecule has 6 nitrogen and oxygen atoms in total. The number of rotatable bonds is 7. The van der Waals surface area contributed by atoms with Crippen molar-refractivity contribution in [2.24, 2.45) is 5.73 Å². The molecule has 3 aromatic rings. The van der Waals surface area contributed by atoms with E-state index < -0.39 is 12.1 Å². The molecule has 1 aliphatic carbocycles. The predicted molar refractivity (Wildman–Crippen MR) is 122 cm³/mol. The number of amides is 3. The minimum atomic E-state index is -0.769. The number of primary amides is 1. The van der Waals surface area contributed by atoms with E-state index in [4.69, 9.17) is 5.73 Å². The van der Waals surface area contributed by atoms with Gasteiger partial charge in [0.1, 0.15) is 6.04 Å². The molecule has 1 aliphatic rings. The normalized spacial score (nSPS) is 15.2. The van der Waals surface area contributed by atoms with E-state index in [1.807, 2.05) is 66.5 Å². The molecule has 2 aromatic carbocycles. The first-order valence-corrected chi connectivity index (χ1v) is 11.1. The molecule has 0 unspecified atom stereocenters. The predicted octanol–water partition coefficient (Wildman–Crippen LogP) is 4.42. The summed E-state index contributed by atoms with van der Waals surface area (Å²) in [5.74, 6) is -0.296. The third-order valence-electron chi connectivity index (χ3n) is 5.46. The molecule has 3 amide bonds. The minimum Gasteiger partial charge on any atom is -0.361 e. The Morgan fingerprint density at radius 3 is 2.57 bits per heavy atom. The number of fused-ring (bicyclic) bond motifs is 1. The second-order valence-corrected chi connectivity index (χ2v) is 9.04. The lowest BCUT2D eigenvalue weighted by molar-refractivity contribution is -0.117. The summed E-state index contributed by atoms with van der Waals surface area (Å²) in [7, 11) is 0. The van der Waals surface area contributed by atoms with Crippen molar-refractivity contribution in [2.75, 3.05) is 5.32 Å². The van der Waals surface area contributed by atoms with Crippen LogP contribution in [0.15, 0.2) is 59.6 Å². The smallest absolute Gasteiger partial charge is 0.312 e. The number of aromatic nitrogens is 1. The van der Waals surface area contributed by atoms with Gasteiger partial charge in [-0.05, 0) is 48.7 Å². The zero-order valence-electron chi connectivity index (χ0n) is 16.7. The molecule has 0 saturated heterocycles. The Labute approximate surface area is 180 Å². The molecule has 5 N–H and O–H groups in total. The highest BCUT2D eigenvalue weighted by molar-refractivity contribution is 8.00. The first-order valence-electron chi connectivity index (χ1n) is 10.3. The van der Waals surface area contributed by atoms with Crippen molar-refractivity contribution in [2.45, 2.75) is 48.3 Å². The number of hydrogen-bond acceptors (Lipinski definition) is 3. The van der Waals surface area contributed by atoms with Crippen LogP contribution in [0.3, 0.4) is 0 Å². The zero-order chi connectivity index (χ0) is 20.9. The maximum Gasteiger partial charge on any atom is 0.312 e. The number of nitrogens with one attached hydrogen (secondary N) is 3. The van der Waals surface area contributed by atoms with Gasteiger partial charge in [0.2, 0.25) is 5.91 Å². The third kappa shape index (κ3) is 4.97. The first-order chi connectivity index (χ1) is 14.6. The summed E-state index contributed by atoms with van der Waals surface area (Å²) in [6.45, 7) is 0. The van der Waals surface area contributed by atoms with Crippen molar-refractivity contribution in [1.82, 2.24) is 10.3 Å². The van der Waals surface area contributed by atoms with Crippen molar-refractivity contribution in [3.05, 3.63) is 60.3 Å². The van der Waals surface area contributed by atoms with E-state index in [2.05, 4.69) is 15.6 Å². The highest BCUT2D eigenvalue weighted by Crippen LogP contribution is 2.35. The number of thioether (sulfide) groups is 1. The molecule has 4 rings (SSSR count). The number of para-hydroxylation sites is 1. The lowest BCUT2D eigenvalue weighted by Gasteiger charge is -2.17. The van der Waals surface area contributed by atoms with Crippen molar-refractivity contribution in [3.8, 4) is 0 Å². The van der Waals surface area contributed by atoms with E-state index in [-0.39, 0.29) is 5.91 Å². The molecule has 0 spiro atoms. The summed E-state index contributed by atoms with van der Waals surface area (Å²) in [6.07, 6.45) is 7.39. The van der Waals surface area contributed by atoms with Crippen LogP contribution in [0.25, 0.3) is 10.9 Å². The number of carbonyl (C=O) groups is 2. The van der Waals surface area contributed by atoms with Crippen LogP contribution in [-0.4, -0.2) is 28.2 Å². The van der Waals surface area contributed by atoms with Crippen molar-refractivity contribution < 1.29 is 9.59 Å². The Balaban J connectivity index is 1.43. The van der Waals surface area contributed by atoms with Crippen LogP contribution in [-0.2, 0) is 11.2 Å². The minimum absolute atomic E-state index is 0.296. The summed E-state index contributed by atoms with van der Waals surface area (Å²) in [5.41, 5.74) is 7.96. The zero-order valence-corrected chi connectivity index (χ0v) is 17.5. The van der Waals surface area contributed by atoms with E-state index in [0.29, 0.717) is 17.4 Å². The summed E-state index contributed by atoms with van der Waals surface area (Å²) in [5, 5.41) is 7.19. The Kier molecular flexibility index (Phi) is 6.28. The van der Waals surface area contributed by atoms with Gasteiger partial charge in [0.15, 0.2) is 0 Å². The number of aromatic amines is 1. The average molecular weight is 423 g/mol. The number of carbonyl (C=O) groups excluding carboxylic acids is 2. The molecule has 1 aromatic heterocycles. The van der Waals surface area contributed by atoms with Crippen LogP contribution in [0, 0.1) is 0 Å². The third-order valence-corrected chi connectivity index (χ3v) is 6.81. The molecule has 0 bridgehead atoms. The van der Waals surface area contributed by atoms with Crippen LogP contribution in [0.2, 0.25) is 0 Å². The van der Waals surface area contributed by atoms with E-state index in [1.54, 1.807) is 0 Å². The van der Waals surface area contributed by atoms with E-state index >= 15 is 0 Å². The van der Waals surface area contributed by atoms with Crippen LogP contribution in [0.1, 0.15) is 31.2 Å². The van der Waals surface area contributed by atoms with Gasteiger partial charge in [0, 0.05) is 39.4 Å². The van der Waals surface area contributed by atoms with Gasteiger partial charge >= 0.3 is 6.03 Å². The summed E-state index contributed by atoms with van der Waals surface area (Å²) in [6, 6.07) is 14.2. The van der Waals surface area contributed by atoms with E-state index in [0.717, 1.165) is 16.5 Å². The van der Waals surface area contributed by atoms with Gasteiger partial charge in [-0.2, -0.15) is 0 Å². The number of H-pyrrole nitrogens is 1. The van der Waals surface area contributed by atoms with Crippen LogP contribution >= 0.6 is 11.8 Å². The highest BCUT2D eigenvalue weighted by Gasteiger charge is 2.22. The molecular formula is C23H26N4O2S.